The zero-order valence-corrected chi connectivity index (χ0v) is 35.1. The fraction of sp³-hybridized carbons (Fsp3) is 0.360. The topological polar surface area (TPSA) is 50.5 Å². The Labute approximate surface area is 343 Å². The van der Waals surface area contributed by atoms with Crippen molar-refractivity contribution in [3.63, 3.8) is 0 Å². The Morgan fingerprint density at radius 1 is 0.672 bits per heavy atom. The molecule has 0 radical (unpaired) electrons. The molecule has 1 saturated heterocycles. The van der Waals surface area contributed by atoms with E-state index in [0.717, 1.165) is 82.2 Å². The van der Waals surface area contributed by atoms with Crippen LogP contribution in [-0.2, 0) is 0 Å². The van der Waals surface area contributed by atoms with E-state index in [-0.39, 0.29) is 48.8 Å². The summed E-state index contributed by atoms with van der Waals surface area (Å²) in [7, 11) is 4.26. The zero-order valence-electron chi connectivity index (χ0n) is 35.1. The van der Waals surface area contributed by atoms with E-state index in [9.17, 15) is 18.4 Å². The van der Waals surface area contributed by atoms with Gasteiger partial charge in [-0.25, -0.2) is 8.78 Å². The van der Waals surface area contributed by atoms with Gasteiger partial charge in [0.1, 0.15) is 11.6 Å². The minimum atomic E-state index is -0.206. The first-order valence-corrected chi connectivity index (χ1v) is 20.6. The van der Waals surface area contributed by atoms with Gasteiger partial charge in [-0.05, 0) is 140 Å². The van der Waals surface area contributed by atoms with Gasteiger partial charge in [0.25, 0.3) is 0 Å². The number of rotatable bonds is 8. The van der Waals surface area contributed by atoms with Crippen LogP contribution in [0.4, 0.5) is 8.78 Å². The van der Waals surface area contributed by atoms with Crippen LogP contribution < -0.4 is 0 Å². The van der Waals surface area contributed by atoms with Crippen molar-refractivity contribution < 1.29 is 19.8 Å². The van der Waals surface area contributed by atoms with E-state index in [4.69, 9.17) is 0 Å². The smallest absolute Gasteiger partial charge is 0.162 e. The summed E-state index contributed by atoms with van der Waals surface area (Å²) in [5, 5.41) is 2.07. The Bertz CT molecular complexity index is 2490. The second-order valence-corrected chi connectivity index (χ2v) is 16.5. The summed E-state index contributed by atoms with van der Waals surface area (Å²) in [6.45, 7) is 13.8. The molecular formula is C50H58F2N4O2. The number of Topliss-reactive ketones (excluding diaryl/α,β-unsaturated/α-hetero) is 2. The van der Waals surface area contributed by atoms with Gasteiger partial charge in [-0.1, -0.05) is 66.7 Å². The van der Waals surface area contributed by atoms with Gasteiger partial charge in [-0.3, -0.25) is 19.4 Å². The predicted molar refractivity (Wildman–Crippen MR) is 234 cm³/mol. The van der Waals surface area contributed by atoms with E-state index in [1.807, 2.05) is 61.5 Å². The summed E-state index contributed by atoms with van der Waals surface area (Å²) in [6, 6.07) is 31.1. The Balaban J connectivity index is 0.000000195. The van der Waals surface area contributed by atoms with Crippen molar-refractivity contribution in [2.45, 2.75) is 85.0 Å². The molecular weight excluding hydrogens is 727 g/mol. The highest BCUT2D eigenvalue weighted by atomic mass is 19.1. The summed E-state index contributed by atoms with van der Waals surface area (Å²) in [6.07, 6.45) is 5.30. The molecule has 0 saturated carbocycles. The van der Waals surface area contributed by atoms with Gasteiger partial charge in [0.2, 0.25) is 0 Å². The predicted octanol–water partition coefficient (Wildman–Crippen LogP) is 12.0. The van der Waals surface area contributed by atoms with Crippen molar-refractivity contribution in [2.24, 2.45) is 5.92 Å². The first-order chi connectivity index (χ1) is 27.8. The van der Waals surface area contributed by atoms with Gasteiger partial charge >= 0.3 is 0 Å². The Morgan fingerprint density at radius 3 is 1.69 bits per heavy atom. The number of likely N-dealkylation sites (N-methyl/N-ethyl adjacent to an activating group) is 1. The number of nitrogens with zero attached hydrogens (tertiary/aromatic N) is 4. The third-order valence-electron chi connectivity index (χ3n) is 13.1. The Kier molecular flexibility index (Phi) is 12.0. The molecule has 4 aromatic carbocycles. The minimum absolute atomic E-state index is 0. The van der Waals surface area contributed by atoms with Crippen molar-refractivity contribution in [3.8, 4) is 0 Å². The molecule has 0 N–H and O–H groups in total. The third kappa shape index (κ3) is 7.84. The first kappa shape index (κ1) is 41.0. The molecule has 8 rings (SSSR count). The second kappa shape index (κ2) is 17.0. The number of para-hydroxylation sites is 2. The molecule has 58 heavy (non-hydrogen) atoms. The summed E-state index contributed by atoms with van der Waals surface area (Å²) >= 11 is 0. The van der Waals surface area contributed by atoms with Gasteiger partial charge in [0.15, 0.2) is 11.6 Å². The normalized spacial score (nSPS) is 20.0. The molecule has 5 unspecified atom stereocenters. The van der Waals surface area contributed by atoms with Crippen LogP contribution in [0.2, 0.25) is 0 Å². The molecule has 2 aliphatic rings. The lowest BCUT2D eigenvalue weighted by Gasteiger charge is -2.40. The molecule has 2 aliphatic heterocycles. The molecule has 6 aromatic rings. The number of hydrogen-bond donors (Lipinski definition) is 0. The van der Waals surface area contributed by atoms with Gasteiger partial charge in [0, 0.05) is 70.4 Å². The van der Waals surface area contributed by atoms with Crippen LogP contribution >= 0.6 is 0 Å². The highest BCUT2D eigenvalue weighted by Gasteiger charge is 2.33. The summed E-state index contributed by atoms with van der Waals surface area (Å²) in [4.78, 5) is 29.4. The molecule has 0 amide bonds. The highest BCUT2D eigenvalue weighted by molar-refractivity contribution is 6.09. The third-order valence-corrected chi connectivity index (χ3v) is 13.1. The lowest BCUT2D eigenvalue weighted by molar-refractivity contribution is 0.100. The van der Waals surface area contributed by atoms with E-state index in [2.05, 4.69) is 78.1 Å². The number of ketones is 2. The maximum Gasteiger partial charge on any atom is 0.162 e. The molecule has 5 atom stereocenters. The first-order valence-electron chi connectivity index (χ1n) is 20.6. The number of carbonyl (C=O) groups is 2. The van der Waals surface area contributed by atoms with Crippen LogP contribution in [0.3, 0.4) is 0 Å². The van der Waals surface area contributed by atoms with Crippen molar-refractivity contribution in [2.75, 3.05) is 27.2 Å². The van der Waals surface area contributed by atoms with Crippen molar-refractivity contribution >= 4 is 33.4 Å². The standard InChI is InChI=1S/C25H29FN2O.C25H27FN2O.H2/c2*1-16(28-17(2)25(18(3)29)22-7-5-6-8-23(22)28)20-13-14-27(4)24(15-20)19-9-11-21(26)12-10-19;/h5-12,16,20,24H,13-15H2,1-4H3;5-13,16,24H,14-15H2,1-4H3;1H. The van der Waals surface area contributed by atoms with Crippen LogP contribution in [0, 0.1) is 31.4 Å². The number of likely N-dealkylation sites (tertiary alicyclic amines) is 1. The van der Waals surface area contributed by atoms with E-state index < -0.39 is 0 Å². The van der Waals surface area contributed by atoms with E-state index in [0.29, 0.717) is 5.92 Å². The lowest BCUT2D eigenvalue weighted by Crippen LogP contribution is -2.36. The molecule has 2 aromatic heterocycles. The Morgan fingerprint density at radius 2 is 1.16 bits per heavy atom. The lowest BCUT2D eigenvalue weighted by atomic mass is 9.83. The van der Waals surface area contributed by atoms with Crippen molar-refractivity contribution in [1.82, 2.24) is 18.9 Å². The number of fused-ring (bicyclic) bond motifs is 2. The second-order valence-electron chi connectivity index (χ2n) is 16.5. The fourth-order valence-corrected chi connectivity index (χ4v) is 9.94. The van der Waals surface area contributed by atoms with E-state index in [1.54, 1.807) is 26.0 Å². The van der Waals surface area contributed by atoms with Gasteiger partial charge in [0.05, 0.1) is 6.04 Å². The molecule has 0 bridgehead atoms. The largest absolute Gasteiger partial charge is 0.341 e. The molecule has 304 valence electrons. The molecule has 4 heterocycles. The molecule has 6 nitrogen and oxygen atoms in total. The average Bonchev–Trinajstić information content (AvgIpc) is 3.68. The number of piperidine rings is 1. The number of hydrogen-bond acceptors (Lipinski definition) is 4. The summed E-state index contributed by atoms with van der Waals surface area (Å²) in [5.74, 6) is 0.310. The van der Waals surface area contributed by atoms with Crippen molar-refractivity contribution in [3.05, 3.63) is 154 Å². The van der Waals surface area contributed by atoms with Crippen LogP contribution in [0.5, 0.6) is 0 Å². The van der Waals surface area contributed by atoms with E-state index in [1.165, 1.54) is 23.3 Å². The van der Waals surface area contributed by atoms with Gasteiger partial charge in [-0.2, -0.15) is 0 Å². The number of carbonyl (C=O) groups excluding carboxylic acids is 2. The molecule has 0 spiro atoms. The van der Waals surface area contributed by atoms with Gasteiger partial charge < -0.3 is 9.13 Å². The highest BCUT2D eigenvalue weighted by Crippen LogP contribution is 2.42. The fourth-order valence-electron chi connectivity index (χ4n) is 9.94. The molecule has 8 heteroatoms. The quantitative estimate of drug-likeness (QED) is 0.114. The van der Waals surface area contributed by atoms with Crippen LogP contribution in [-0.4, -0.2) is 57.7 Å². The minimum Gasteiger partial charge on any atom is -0.341 e. The zero-order chi connectivity index (χ0) is 41.4. The number of halogens is 2. The summed E-state index contributed by atoms with van der Waals surface area (Å²) in [5.41, 5.74) is 9.62. The van der Waals surface area contributed by atoms with Crippen LogP contribution in [0.1, 0.15) is 116 Å². The number of aromatic nitrogens is 2. The van der Waals surface area contributed by atoms with Crippen LogP contribution in [0.15, 0.2) is 109 Å². The van der Waals surface area contributed by atoms with Crippen molar-refractivity contribution in [1.29, 1.82) is 0 Å². The number of benzene rings is 4. The maximum absolute atomic E-state index is 13.4. The van der Waals surface area contributed by atoms with Gasteiger partial charge in [-0.15, -0.1) is 0 Å². The monoisotopic (exact) mass is 784 g/mol. The SMILES string of the molecule is CC(=O)c1c(C)n(C(C)C2=CCN(C)C(c3ccc(F)cc3)C2)c2ccccc12.CC(=O)c1c(C)n(C(C)C2CCN(C)C(c3ccc(F)cc3)C2)c2ccccc12.[HH]. The Hall–Kier alpha value is -5.18. The maximum atomic E-state index is 13.4. The average molecular weight is 785 g/mol. The summed E-state index contributed by atoms with van der Waals surface area (Å²) < 4.78 is 31.4. The molecule has 1 fully saturated rings. The van der Waals surface area contributed by atoms with Crippen LogP contribution in [0.25, 0.3) is 21.8 Å². The van der Waals surface area contributed by atoms with E-state index >= 15 is 0 Å². The molecule has 0 aliphatic carbocycles.